The van der Waals surface area contributed by atoms with Gasteiger partial charge in [0.05, 0.1) is 45.2 Å². The third kappa shape index (κ3) is 7.00. The summed E-state index contributed by atoms with van der Waals surface area (Å²) in [6.45, 7) is 7.54. The molecule has 5 rings (SSSR count). The summed E-state index contributed by atoms with van der Waals surface area (Å²) in [4.78, 5) is 50.3. The molecule has 3 saturated carbocycles. The molecular formula is C35H51NO11. The van der Waals surface area contributed by atoms with Gasteiger partial charge in [-0.15, -0.1) is 0 Å². The summed E-state index contributed by atoms with van der Waals surface area (Å²) >= 11 is 0. The fourth-order valence-corrected chi connectivity index (χ4v) is 9.26. The first-order valence-corrected chi connectivity index (χ1v) is 17.0. The van der Waals surface area contributed by atoms with Crippen LogP contribution in [-0.2, 0) is 47.6 Å². The lowest BCUT2D eigenvalue weighted by Gasteiger charge is -2.59. The fraction of sp³-hybridized carbons (Fsp3) is 0.771. The van der Waals surface area contributed by atoms with Crippen molar-refractivity contribution in [2.45, 2.75) is 89.8 Å². The first-order valence-electron chi connectivity index (χ1n) is 17.0. The Kier molecular flexibility index (Phi) is 11.4. The highest BCUT2D eigenvalue weighted by Gasteiger charge is 2.75. The van der Waals surface area contributed by atoms with Gasteiger partial charge in [0.15, 0.2) is 24.3 Å². The molecular weight excluding hydrogens is 610 g/mol. The van der Waals surface area contributed by atoms with Crippen LogP contribution >= 0.6 is 0 Å². The maximum atomic E-state index is 14.1. The molecule has 0 bridgehead atoms. The van der Waals surface area contributed by atoms with Crippen LogP contribution in [-0.4, -0.2) is 106 Å². The van der Waals surface area contributed by atoms with E-state index in [1.54, 1.807) is 19.3 Å². The molecule has 12 nitrogen and oxygen atoms in total. The summed E-state index contributed by atoms with van der Waals surface area (Å²) in [7, 11) is 1.61. The number of aliphatic hydroxyl groups excluding tert-OH is 1. The van der Waals surface area contributed by atoms with Crippen LogP contribution in [0.15, 0.2) is 23.8 Å². The van der Waals surface area contributed by atoms with Crippen LogP contribution in [0.4, 0.5) is 0 Å². The molecule has 1 aliphatic heterocycles. The van der Waals surface area contributed by atoms with Crippen molar-refractivity contribution < 1.29 is 52.7 Å². The zero-order valence-corrected chi connectivity index (χ0v) is 28.1. The van der Waals surface area contributed by atoms with Gasteiger partial charge in [-0.25, -0.2) is 0 Å². The molecule has 0 spiro atoms. The molecule has 1 heterocycles. The average molecular weight is 662 g/mol. The van der Waals surface area contributed by atoms with E-state index in [9.17, 15) is 24.3 Å². The van der Waals surface area contributed by atoms with Crippen molar-refractivity contribution in [3.63, 3.8) is 0 Å². The number of allylic oxidation sites excluding steroid dienone is 4. The molecule has 0 aromatic rings. The molecule has 0 aromatic carbocycles. The quantitative estimate of drug-likeness (QED) is 0.185. The summed E-state index contributed by atoms with van der Waals surface area (Å²) in [6, 6.07) is 0. The van der Waals surface area contributed by atoms with Gasteiger partial charge in [-0.05, 0) is 56.1 Å². The molecule has 0 aromatic heterocycles. The molecule has 9 atom stereocenters. The third-order valence-electron chi connectivity index (χ3n) is 11.3. The molecule has 4 fully saturated rings. The number of carbonyl (C=O) groups is 4. The van der Waals surface area contributed by atoms with Gasteiger partial charge in [-0.1, -0.05) is 25.5 Å². The van der Waals surface area contributed by atoms with E-state index in [-0.39, 0.29) is 41.6 Å². The normalized spacial score (nSPS) is 37.0. The smallest absolute Gasteiger partial charge is 0.303 e. The molecule has 47 heavy (non-hydrogen) atoms. The number of ether oxygens (including phenoxy) is 6. The van der Waals surface area contributed by atoms with Crippen molar-refractivity contribution >= 4 is 23.4 Å². The van der Waals surface area contributed by atoms with Crippen molar-refractivity contribution in [2.75, 3.05) is 53.3 Å². The lowest BCUT2D eigenvalue weighted by Crippen LogP contribution is -2.63. The number of ketones is 2. The zero-order valence-electron chi connectivity index (χ0n) is 28.1. The lowest BCUT2D eigenvalue weighted by atomic mass is 9.46. The van der Waals surface area contributed by atoms with Gasteiger partial charge in [0.2, 0.25) is 11.7 Å². The highest BCUT2D eigenvalue weighted by Crippen LogP contribution is 2.69. The Bertz CT molecular complexity index is 1250. The van der Waals surface area contributed by atoms with Crippen LogP contribution in [0.3, 0.4) is 0 Å². The van der Waals surface area contributed by atoms with E-state index < -0.39 is 47.5 Å². The molecule has 2 N–H and O–H groups in total. The van der Waals surface area contributed by atoms with Crippen LogP contribution in [0.5, 0.6) is 0 Å². The van der Waals surface area contributed by atoms with Crippen LogP contribution in [0.25, 0.3) is 0 Å². The number of Topliss-reactive ketones (excluding diaryl/α,β-unsaturated/α-hetero) is 1. The molecule has 1 saturated heterocycles. The summed E-state index contributed by atoms with van der Waals surface area (Å²) in [5.74, 6) is -1.05. The zero-order chi connectivity index (χ0) is 33.8. The van der Waals surface area contributed by atoms with Gasteiger partial charge in [-0.3, -0.25) is 19.2 Å². The molecule has 0 radical (unpaired) electrons. The van der Waals surface area contributed by atoms with E-state index in [0.29, 0.717) is 65.3 Å². The first-order chi connectivity index (χ1) is 22.5. The lowest BCUT2D eigenvalue weighted by molar-refractivity contribution is -0.201. The molecule has 1 amide bonds. The minimum absolute atomic E-state index is 0.0194. The van der Waals surface area contributed by atoms with Crippen LogP contribution in [0.2, 0.25) is 0 Å². The summed E-state index contributed by atoms with van der Waals surface area (Å²) in [6.07, 6.45) is 7.00. The Labute approximate surface area is 276 Å². The minimum Gasteiger partial charge on any atom is -0.458 e. The van der Waals surface area contributed by atoms with E-state index in [1.165, 1.54) is 6.92 Å². The monoisotopic (exact) mass is 661 g/mol. The SMILES string of the molecule is COCCOCCOCCC(=O)NCCCC1OC2CC3C4CCC5=CC(=O)C=CC5(C)C4C(O)CC3(C)C2(C(=O)COC(C)=O)O1. The van der Waals surface area contributed by atoms with E-state index in [0.717, 1.165) is 18.4 Å². The van der Waals surface area contributed by atoms with Crippen LogP contribution in [0, 0.1) is 28.6 Å². The van der Waals surface area contributed by atoms with E-state index in [4.69, 9.17) is 28.4 Å². The molecule has 9 unspecified atom stereocenters. The summed E-state index contributed by atoms with van der Waals surface area (Å²) in [5.41, 5.74) is -1.53. The average Bonchev–Trinajstić information content (AvgIpc) is 3.51. The molecule has 12 heteroatoms. The fourth-order valence-electron chi connectivity index (χ4n) is 9.26. The number of hydrogen-bond acceptors (Lipinski definition) is 11. The van der Waals surface area contributed by atoms with Crippen molar-refractivity contribution in [1.29, 1.82) is 0 Å². The number of esters is 1. The summed E-state index contributed by atoms with van der Waals surface area (Å²) in [5, 5.41) is 14.7. The van der Waals surface area contributed by atoms with E-state index in [2.05, 4.69) is 12.2 Å². The maximum Gasteiger partial charge on any atom is 0.303 e. The third-order valence-corrected chi connectivity index (χ3v) is 11.3. The van der Waals surface area contributed by atoms with Crippen molar-refractivity contribution in [3.8, 4) is 0 Å². The van der Waals surface area contributed by atoms with Gasteiger partial charge in [0, 0.05) is 50.2 Å². The topological polar surface area (TPSA) is 156 Å². The Morgan fingerprint density at radius 3 is 2.60 bits per heavy atom. The number of rotatable bonds is 16. The number of amides is 1. The molecule has 262 valence electrons. The van der Waals surface area contributed by atoms with Crippen LogP contribution < -0.4 is 5.32 Å². The number of nitrogens with one attached hydrogen (secondary N) is 1. The van der Waals surface area contributed by atoms with E-state index in [1.807, 2.05) is 13.0 Å². The number of aliphatic hydroxyl groups is 1. The van der Waals surface area contributed by atoms with Gasteiger partial charge < -0.3 is 38.8 Å². The van der Waals surface area contributed by atoms with Crippen molar-refractivity contribution in [1.82, 2.24) is 5.32 Å². The second-order valence-corrected chi connectivity index (χ2v) is 14.0. The second-order valence-electron chi connectivity index (χ2n) is 14.0. The highest BCUT2D eigenvalue weighted by molar-refractivity contribution is 6.01. The van der Waals surface area contributed by atoms with Crippen LogP contribution in [0.1, 0.15) is 65.7 Å². The largest absolute Gasteiger partial charge is 0.458 e. The maximum absolute atomic E-state index is 14.1. The number of carbonyl (C=O) groups excluding carboxylic acids is 4. The summed E-state index contributed by atoms with van der Waals surface area (Å²) < 4.78 is 34.0. The van der Waals surface area contributed by atoms with Gasteiger partial charge in [0.1, 0.15) is 0 Å². The van der Waals surface area contributed by atoms with Gasteiger partial charge >= 0.3 is 5.97 Å². The van der Waals surface area contributed by atoms with Crippen molar-refractivity contribution in [2.24, 2.45) is 28.6 Å². The predicted octanol–water partition coefficient (Wildman–Crippen LogP) is 2.45. The highest BCUT2D eigenvalue weighted by atomic mass is 16.7. The Morgan fingerprint density at radius 1 is 1.11 bits per heavy atom. The Morgan fingerprint density at radius 2 is 1.85 bits per heavy atom. The number of methoxy groups -OCH3 is 1. The number of hydrogen-bond donors (Lipinski definition) is 2. The standard InChI is InChI=1S/C35H51NO11/c1-22(37)45-21-28(40)35-29(46-31(47-35)6-5-12-36-30(41)10-13-43-16-17-44-15-14-42-4)19-26-25-8-7-23-18-24(38)9-11-33(23,2)32(25)27(39)20-34(26,35)3/h9,11,18,25-27,29,31-32,39H,5-8,10,12-17,19-21H2,1-4H3,(H,36,41). The van der Waals surface area contributed by atoms with E-state index >= 15 is 0 Å². The first kappa shape index (κ1) is 35.8. The predicted molar refractivity (Wildman–Crippen MR) is 168 cm³/mol. The Balaban J connectivity index is 1.20. The van der Waals surface area contributed by atoms with Gasteiger partial charge in [0.25, 0.3) is 0 Å². The Hall–Kier alpha value is -2.48. The van der Waals surface area contributed by atoms with Gasteiger partial charge in [-0.2, -0.15) is 0 Å². The molecule has 5 aliphatic rings. The minimum atomic E-state index is -1.38. The molecule has 4 aliphatic carbocycles. The number of fused-ring (bicyclic) bond motifs is 7. The second kappa shape index (κ2) is 15.0. The van der Waals surface area contributed by atoms with Crippen molar-refractivity contribution in [3.05, 3.63) is 23.8 Å².